The van der Waals surface area contributed by atoms with E-state index in [1.165, 1.54) is 19.3 Å². The molecule has 4 fully saturated rings. The molecule has 4 aliphatic rings. The molecule has 0 aliphatic heterocycles. The zero-order valence-corrected chi connectivity index (χ0v) is 18.7. The first kappa shape index (κ1) is 21.7. The van der Waals surface area contributed by atoms with Crippen LogP contribution in [-0.4, -0.2) is 44.3 Å². The van der Waals surface area contributed by atoms with Crippen molar-refractivity contribution in [1.29, 1.82) is 0 Å². The molecular formula is C24H40O5. The van der Waals surface area contributed by atoms with E-state index < -0.39 is 6.48 Å². The number of Topliss-reactive ketones (excluding diaryl/α,β-unsaturated/α-hetero) is 1. The predicted octanol–water partition coefficient (Wildman–Crippen LogP) is 4.17. The molecule has 5 heteroatoms. The Balaban J connectivity index is 1.51. The number of aliphatic hydroxyl groups is 1. The molecule has 3 unspecified atom stereocenters. The molecular weight excluding hydrogens is 368 g/mol. The van der Waals surface area contributed by atoms with Gasteiger partial charge in [-0.2, -0.15) is 0 Å². The van der Waals surface area contributed by atoms with Crippen LogP contribution in [0.3, 0.4) is 0 Å². The lowest BCUT2D eigenvalue weighted by Gasteiger charge is -2.61. The second-order valence-electron chi connectivity index (χ2n) is 10.5. The SMILES string of the molecule is COC(OC)O[C@@H]1CC[C@]2(C)C3CC[C@]4(C(C)=O)C(CC[C@@H]4CO)C3CC[C@H]2C1. The van der Waals surface area contributed by atoms with Crippen molar-refractivity contribution in [3.8, 4) is 0 Å². The minimum absolute atomic E-state index is 0.173. The number of rotatable bonds is 6. The van der Waals surface area contributed by atoms with Crippen LogP contribution in [0.4, 0.5) is 0 Å². The molecule has 0 aromatic carbocycles. The van der Waals surface area contributed by atoms with Crippen LogP contribution in [0, 0.1) is 40.4 Å². The molecule has 0 amide bonds. The highest BCUT2D eigenvalue weighted by Crippen LogP contribution is 2.67. The topological polar surface area (TPSA) is 65.0 Å². The highest BCUT2D eigenvalue weighted by atomic mass is 16.8. The van der Waals surface area contributed by atoms with Gasteiger partial charge in [-0.3, -0.25) is 4.79 Å². The first-order valence-corrected chi connectivity index (χ1v) is 11.7. The van der Waals surface area contributed by atoms with Gasteiger partial charge in [0, 0.05) is 26.2 Å². The van der Waals surface area contributed by atoms with Gasteiger partial charge in [-0.05, 0) is 99.7 Å². The van der Waals surface area contributed by atoms with E-state index in [1.54, 1.807) is 21.1 Å². The first-order chi connectivity index (χ1) is 13.9. The van der Waals surface area contributed by atoms with Crippen LogP contribution < -0.4 is 0 Å². The maximum absolute atomic E-state index is 12.9. The van der Waals surface area contributed by atoms with E-state index in [1.807, 2.05) is 0 Å². The summed E-state index contributed by atoms with van der Waals surface area (Å²) in [5.74, 6) is 3.03. The predicted molar refractivity (Wildman–Crippen MR) is 110 cm³/mol. The summed E-state index contributed by atoms with van der Waals surface area (Å²) in [5, 5.41) is 10.0. The van der Waals surface area contributed by atoms with Gasteiger partial charge < -0.3 is 19.3 Å². The second kappa shape index (κ2) is 8.22. The van der Waals surface area contributed by atoms with E-state index in [0.717, 1.165) is 38.5 Å². The van der Waals surface area contributed by atoms with Crippen molar-refractivity contribution in [1.82, 2.24) is 0 Å². The van der Waals surface area contributed by atoms with Gasteiger partial charge in [0.15, 0.2) is 0 Å². The number of ether oxygens (including phenoxy) is 3. The lowest BCUT2D eigenvalue weighted by molar-refractivity contribution is -0.293. The Hall–Kier alpha value is -0.490. The van der Waals surface area contributed by atoms with Gasteiger partial charge in [0.25, 0.3) is 6.48 Å². The summed E-state index contributed by atoms with van der Waals surface area (Å²) in [5.41, 5.74) is 0.0994. The van der Waals surface area contributed by atoms with Crippen molar-refractivity contribution in [2.24, 2.45) is 40.4 Å². The number of fused-ring (bicyclic) bond motifs is 5. The molecule has 166 valence electrons. The van der Waals surface area contributed by atoms with E-state index >= 15 is 0 Å². The molecule has 8 atom stereocenters. The molecule has 0 aromatic rings. The molecule has 1 N–H and O–H groups in total. The van der Waals surface area contributed by atoms with Crippen LogP contribution in [-0.2, 0) is 19.0 Å². The molecule has 0 aromatic heterocycles. The van der Waals surface area contributed by atoms with Crippen LogP contribution >= 0.6 is 0 Å². The fraction of sp³-hybridized carbons (Fsp3) is 0.958. The number of aliphatic hydroxyl groups excluding tert-OH is 1. The molecule has 4 rings (SSSR count). The number of methoxy groups -OCH3 is 2. The Morgan fingerprint density at radius 2 is 1.79 bits per heavy atom. The van der Waals surface area contributed by atoms with Crippen LogP contribution in [0.25, 0.3) is 0 Å². The maximum Gasteiger partial charge on any atom is 0.271 e. The molecule has 0 bridgehead atoms. The summed E-state index contributed by atoms with van der Waals surface area (Å²) in [7, 11) is 3.24. The molecule has 5 nitrogen and oxygen atoms in total. The van der Waals surface area contributed by atoms with Crippen LogP contribution in [0.1, 0.15) is 71.6 Å². The van der Waals surface area contributed by atoms with E-state index in [2.05, 4.69) is 6.92 Å². The van der Waals surface area contributed by atoms with E-state index in [4.69, 9.17) is 14.2 Å². The number of hydrogen-bond acceptors (Lipinski definition) is 5. The third-order valence-electron chi connectivity index (χ3n) is 9.86. The average molecular weight is 409 g/mol. The van der Waals surface area contributed by atoms with Crippen LogP contribution in [0.2, 0.25) is 0 Å². The van der Waals surface area contributed by atoms with Gasteiger partial charge in [0.1, 0.15) is 5.78 Å². The highest BCUT2D eigenvalue weighted by molar-refractivity contribution is 5.83. The summed E-state index contributed by atoms with van der Waals surface area (Å²) >= 11 is 0. The van der Waals surface area contributed by atoms with Crippen LogP contribution in [0.15, 0.2) is 0 Å². The van der Waals surface area contributed by atoms with E-state index in [0.29, 0.717) is 34.9 Å². The van der Waals surface area contributed by atoms with Crippen molar-refractivity contribution < 1.29 is 24.1 Å². The van der Waals surface area contributed by atoms with Crippen molar-refractivity contribution in [3.63, 3.8) is 0 Å². The van der Waals surface area contributed by atoms with Gasteiger partial charge >= 0.3 is 0 Å². The Morgan fingerprint density at radius 1 is 1.03 bits per heavy atom. The lowest BCUT2D eigenvalue weighted by atomic mass is 9.44. The zero-order valence-electron chi connectivity index (χ0n) is 18.7. The van der Waals surface area contributed by atoms with Crippen molar-refractivity contribution in [3.05, 3.63) is 0 Å². The third kappa shape index (κ3) is 3.31. The summed E-state index contributed by atoms with van der Waals surface area (Å²) < 4.78 is 16.6. The summed E-state index contributed by atoms with van der Waals surface area (Å²) in [4.78, 5) is 12.9. The molecule has 0 radical (unpaired) electrons. The molecule has 29 heavy (non-hydrogen) atoms. The minimum Gasteiger partial charge on any atom is -0.396 e. The summed E-state index contributed by atoms with van der Waals surface area (Å²) in [6, 6.07) is 0. The van der Waals surface area contributed by atoms with Gasteiger partial charge in [-0.25, -0.2) is 0 Å². The largest absolute Gasteiger partial charge is 0.396 e. The number of ketones is 1. The zero-order chi connectivity index (χ0) is 20.8. The summed E-state index contributed by atoms with van der Waals surface area (Å²) in [6.07, 6.45) is 10.3. The first-order valence-electron chi connectivity index (χ1n) is 11.7. The minimum atomic E-state index is -0.569. The van der Waals surface area contributed by atoms with E-state index in [-0.39, 0.29) is 24.0 Å². The monoisotopic (exact) mass is 408 g/mol. The third-order valence-corrected chi connectivity index (χ3v) is 9.86. The maximum atomic E-state index is 12.9. The normalized spacial score (nSPS) is 46.8. The molecule has 4 aliphatic carbocycles. The van der Waals surface area contributed by atoms with Crippen molar-refractivity contribution >= 4 is 5.78 Å². The van der Waals surface area contributed by atoms with Crippen LogP contribution in [0.5, 0.6) is 0 Å². The summed E-state index contributed by atoms with van der Waals surface area (Å²) in [6.45, 7) is 3.92. The Morgan fingerprint density at radius 3 is 2.45 bits per heavy atom. The van der Waals surface area contributed by atoms with E-state index in [9.17, 15) is 9.90 Å². The Kier molecular flexibility index (Phi) is 6.16. The number of hydrogen-bond donors (Lipinski definition) is 1. The van der Waals surface area contributed by atoms with Crippen molar-refractivity contribution in [2.75, 3.05) is 20.8 Å². The highest BCUT2D eigenvalue weighted by Gasteiger charge is 2.63. The number of carbonyl (C=O) groups is 1. The fourth-order valence-corrected chi connectivity index (χ4v) is 8.47. The average Bonchev–Trinajstić information content (AvgIpc) is 3.12. The molecule has 0 saturated heterocycles. The van der Waals surface area contributed by atoms with Gasteiger partial charge in [0.2, 0.25) is 0 Å². The smallest absolute Gasteiger partial charge is 0.271 e. The van der Waals surface area contributed by atoms with Gasteiger partial charge in [-0.15, -0.1) is 0 Å². The van der Waals surface area contributed by atoms with Gasteiger partial charge in [0.05, 0.1) is 6.10 Å². The standard InChI is InChI=1S/C24H40O5/c1-15(26)24-12-10-20-19(21(24)8-6-17(24)14-25)7-5-16-13-18(9-11-23(16,20)2)29-22(27-3)28-4/h16-22,25H,5-14H2,1-4H3/t16-,17+,18+,19?,20?,21?,23-,24+/m0/s1. The fourth-order valence-electron chi connectivity index (χ4n) is 8.47. The number of carbonyl (C=O) groups excluding carboxylic acids is 1. The molecule has 4 saturated carbocycles. The Bertz CT molecular complexity index is 604. The Labute approximate surface area is 175 Å². The molecule has 0 heterocycles. The van der Waals surface area contributed by atoms with Gasteiger partial charge in [-0.1, -0.05) is 6.92 Å². The lowest BCUT2D eigenvalue weighted by Crippen LogP contribution is -2.56. The van der Waals surface area contributed by atoms with Crippen molar-refractivity contribution in [2.45, 2.75) is 84.2 Å². The quantitative estimate of drug-likeness (QED) is 0.668. The second-order valence-corrected chi connectivity index (χ2v) is 10.5. The molecule has 0 spiro atoms.